The van der Waals surface area contributed by atoms with Gasteiger partial charge in [-0.25, -0.2) is 9.18 Å². The maximum absolute atomic E-state index is 13.6. The molecule has 8 nitrogen and oxygen atoms in total. The van der Waals surface area contributed by atoms with E-state index in [-0.39, 0.29) is 31.9 Å². The molecule has 1 aliphatic rings. The van der Waals surface area contributed by atoms with Crippen LogP contribution in [0.4, 0.5) is 23.4 Å². The summed E-state index contributed by atoms with van der Waals surface area (Å²) in [7, 11) is 0. The second-order valence-electron chi connectivity index (χ2n) is 7.55. The summed E-state index contributed by atoms with van der Waals surface area (Å²) in [5.74, 6) is -2.13. The average molecular weight is 481 g/mol. The van der Waals surface area contributed by atoms with E-state index >= 15 is 0 Å². The molecule has 1 unspecified atom stereocenters. The van der Waals surface area contributed by atoms with Gasteiger partial charge in [0, 0.05) is 32.6 Å². The normalized spacial score (nSPS) is 15.1. The summed E-state index contributed by atoms with van der Waals surface area (Å²) in [6, 6.07) is 4.80. The largest absolute Gasteiger partial charge is 0.442 e. The van der Waals surface area contributed by atoms with Crippen LogP contribution in [-0.4, -0.2) is 59.4 Å². The third-order valence-corrected chi connectivity index (χ3v) is 5.18. The SMILES string of the molecule is C=CCCC(N)OC(=O)c1ccc(N2CCN(C(=O)c3cc(F)ccc3C(F)(F)F)CC2)nn1. The van der Waals surface area contributed by atoms with E-state index in [9.17, 15) is 27.2 Å². The Labute approximate surface area is 193 Å². The number of esters is 1. The number of hydrogen-bond donors (Lipinski definition) is 1. The van der Waals surface area contributed by atoms with E-state index in [2.05, 4.69) is 16.8 Å². The number of carbonyl (C=O) groups excluding carboxylic acids is 2. The van der Waals surface area contributed by atoms with Crippen LogP contribution in [0.25, 0.3) is 0 Å². The number of nitrogens with two attached hydrogens (primary N) is 1. The monoisotopic (exact) mass is 481 g/mol. The number of piperazine rings is 1. The third kappa shape index (κ3) is 6.07. The molecule has 0 saturated carbocycles. The van der Waals surface area contributed by atoms with Gasteiger partial charge in [-0.1, -0.05) is 6.08 Å². The molecule has 1 aliphatic heterocycles. The lowest BCUT2D eigenvalue weighted by Gasteiger charge is -2.35. The highest BCUT2D eigenvalue weighted by molar-refractivity contribution is 5.96. The molecule has 1 saturated heterocycles. The van der Waals surface area contributed by atoms with Crippen LogP contribution in [0.2, 0.25) is 0 Å². The fourth-order valence-electron chi connectivity index (χ4n) is 3.39. The van der Waals surface area contributed by atoms with Gasteiger partial charge in [0.1, 0.15) is 5.82 Å². The fourth-order valence-corrected chi connectivity index (χ4v) is 3.39. The molecule has 1 fully saturated rings. The summed E-state index contributed by atoms with van der Waals surface area (Å²) in [4.78, 5) is 27.8. The number of benzene rings is 1. The molecular weight excluding hydrogens is 458 g/mol. The standard InChI is InChI=1S/C22H23F4N5O3/c1-2-3-4-18(27)34-21(33)17-7-8-19(29-28-17)30-9-11-31(12-10-30)20(32)15-13-14(23)5-6-16(15)22(24,25)26/h2,5-8,13,18H,1,3-4,9-12,27H2. The van der Waals surface area contributed by atoms with Gasteiger partial charge in [0.2, 0.25) is 0 Å². The number of carbonyl (C=O) groups is 2. The van der Waals surface area contributed by atoms with Crippen molar-refractivity contribution in [2.75, 3.05) is 31.1 Å². The zero-order valence-electron chi connectivity index (χ0n) is 18.1. The molecule has 2 aromatic rings. The second-order valence-corrected chi connectivity index (χ2v) is 7.55. The minimum atomic E-state index is -4.78. The van der Waals surface area contributed by atoms with E-state index in [1.165, 1.54) is 11.0 Å². The molecule has 0 aliphatic carbocycles. The lowest BCUT2D eigenvalue weighted by Crippen LogP contribution is -2.49. The Kier molecular flexibility index (Phi) is 7.82. The molecule has 182 valence electrons. The minimum Gasteiger partial charge on any atom is -0.442 e. The molecule has 0 bridgehead atoms. The highest BCUT2D eigenvalue weighted by Gasteiger charge is 2.37. The molecule has 0 spiro atoms. The summed E-state index contributed by atoms with van der Waals surface area (Å²) >= 11 is 0. The fraction of sp³-hybridized carbons (Fsp3) is 0.364. The van der Waals surface area contributed by atoms with Crippen LogP contribution in [0.5, 0.6) is 0 Å². The second kappa shape index (κ2) is 10.6. The third-order valence-electron chi connectivity index (χ3n) is 5.18. The van der Waals surface area contributed by atoms with Crippen molar-refractivity contribution < 1.29 is 31.9 Å². The topological polar surface area (TPSA) is 102 Å². The first kappa shape index (κ1) is 25.1. The lowest BCUT2D eigenvalue weighted by atomic mass is 10.0. The molecule has 3 rings (SSSR count). The number of alkyl halides is 3. The lowest BCUT2D eigenvalue weighted by molar-refractivity contribution is -0.138. The van der Waals surface area contributed by atoms with Crippen LogP contribution in [0.3, 0.4) is 0 Å². The van der Waals surface area contributed by atoms with E-state index in [1.54, 1.807) is 17.0 Å². The van der Waals surface area contributed by atoms with E-state index in [0.717, 1.165) is 0 Å². The van der Waals surface area contributed by atoms with Crippen LogP contribution in [0.1, 0.15) is 39.3 Å². The van der Waals surface area contributed by atoms with Crippen molar-refractivity contribution >= 4 is 17.7 Å². The Bertz CT molecular complexity index is 1040. The molecule has 12 heteroatoms. The molecule has 1 amide bonds. The number of ether oxygens (including phenoxy) is 1. The van der Waals surface area contributed by atoms with Crippen molar-refractivity contribution in [1.82, 2.24) is 15.1 Å². The number of anilines is 1. The Balaban J connectivity index is 1.61. The molecule has 2 heterocycles. The number of aromatic nitrogens is 2. The van der Waals surface area contributed by atoms with Gasteiger partial charge in [0.25, 0.3) is 5.91 Å². The first-order chi connectivity index (χ1) is 16.1. The zero-order chi connectivity index (χ0) is 24.9. The maximum atomic E-state index is 13.6. The first-order valence-corrected chi connectivity index (χ1v) is 10.4. The van der Waals surface area contributed by atoms with E-state index in [1.807, 2.05) is 0 Å². The summed E-state index contributed by atoms with van der Waals surface area (Å²) in [5.41, 5.74) is 3.76. The molecule has 1 aromatic carbocycles. The van der Waals surface area contributed by atoms with Crippen molar-refractivity contribution in [2.24, 2.45) is 5.73 Å². The number of halogens is 4. The van der Waals surface area contributed by atoms with Gasteiger partial charge in [-0.05, 0) is 36.8 Å². The predicted octanol–water partition coefficient (Wildman–Crippen LogP) is 3.00. The number of rotatable bonds is 7. The smallest absolute Gasteiger partial charge is 0.417 e. The quantitative estimate of drug-likeness (QED) is 0.281. The van der Waals surface area contributed by atoms with E-state index < -0.39 is 41.2 Å². The number of nitrogens with zero attached hydrogens (tertiary/aromatic N) is 4. The molecule has 2 N–H and O–H groups in total. The predicted molar refractivity (Wildman–Crippen MR) is 114 cm³/mol. The minimum absolute atomic E-state index is 0.0302. The summed E-state index contributed by atoms with van der Waals surface area (Å²) < 4.78 is 58.4. The van der Waals surface area contributed by atoms with Crippen molar-refractivity contribution in [2.45, 2.75) is 25.2 Å². The van der Waals surface area contributed by atoms with Crippen LogP contribution < -0.4 is 10.6 Å². The van der Waals surface area contributed by atoms with Gasteiger partial charge in [-0.2, -0.15) is 13.2 Å². The van der Waals surface area contributed by atoms with E-state index in [4.69, 9.17) is 10.5 Å². The number of amides is 1. The molecule has 34 heavy (non-hydrogen) atoms. The molecular formula is C22H23F4N5O3. The van der Waals surface area contributed by atoms with Gasteiger partial charge in [0.15, 0.2) is 17.7 Å². The van der Waals surface area contributed by atoms with Crippen LogP contribution in [0, 0.1) is 5.82 Å². The number of hydrogen-bond acceptors (Lipinski definition) is 7. The summed E-state index contributed by atoms with van der Waals surface area (Å²) in [6.45, 7) is 4.27. The van der Waals surface area contributed by atoms with Crippen molar-refractivity contribution in [3.8, 4) is 0 Å². The molecule has 1 aromatic heterocycles. The van der Waals surface area contributed by atoms with Crippen molar-refractivity contribution in [3.05, 3.63) is 65.6 Å². The Morgan fingerprint density at radius 3 is 2.44 bits per heavy atom. The van der Waals surface area contributed by atoms with Gasteiger partial charge in [-0.3, -0.25) is 10.5 Å². The molecule has 0 radical (unpaired) electrons. The Morgan fingerprint density at radius 1 is 1.15 bits per heavy atom. The van der Waals surface area contributed by atoms with Crippen molar-refractivity contribution in [3.63, 3.8) is 0 Å². The van der Waals surface area contributed by atoms with Crippen LogP contribution in [-0.2, 0) is 10.9 Å². The zero-order valence-corrected chi connectivity index (χ0v) is 18.1. The van der Waals surface area contributed by atoms with Gasteiger partial charge < -0.3 is 14.5 Å². The van der Waals surface area contributed by atoms with Crippen LogP contribution in [0.15, 0.2) is 43.0 Å². The Morgan fingerprint density at radius 2 is 1.85 bits per heavy atom. The Hall–Kier alpha value is -3.54. The highest BCUT2D eigenvalue weighted by atomic mass is 19.4. The maximum Gasteiger partial charge on any atom is 0.417 e. The van der Waals surface area contributed by atoms with Gasteiger partial charge in [0.05, 0.1) is 11.1 Å². The average Bonchev–Trinajstić information content (AvgIpc) is 2.81. The first-order valence-electron chi connectivity index (χ1n) is 10.4. The van der Waals surface area contributed by atoms with Gasteiger partial charge in [-0.15, -0.1) is 16.8 Å². The summed E-state index contributed by atoms with van der Waals surface area (Å²) in [6.07, 6.45) is -2.92. The van der Waals surface area contributed by atoms with Crippen molar-refractivity contribution in [1.29, 1.82) is 0 Å². The highest BCUT2D eigenvalue weighted by Crippen LogP contribution is 2.33. The molecule has 1 atom stereocenters. The number of allylic oxidation sites excluding steroid dienone is 1. The van der Waals surface area contributed by atoms with Gasteiger partial charge >= 0.3 is 12.1 Å². The van der Waals surface area contributed by atoms with E-state index in [0.29, 0.717) is 36.9 Å². The van der Waals surface area contributed by atoms with Crippen LogP contribution >= 0.6 is 0 Å². The summed E-state index contributed by atoms with van der Waals surface area (Å²) in [5, 5.41) is 7.84.